The molecule has 29 heavy (non-hydrogen) atoms. The SMILES string of the molecule is CCCCCCCCOc1ccc(C(=O)c2ccccc2)c(O)c1COC(C)=O. The Hall–Kier alpha value is -2.82. The quantitative estimate of drug-likeness (QED) is 0.293. The first-order valence-corrected chi connectivity index (χ1v) is 10.2. The first-order chi connectivity index (χ1) is 14.0. The smallest absolute Gasteiger partial charge is 0.302 e. The summed E-state index contributed by atoms with van der Waals surface area (Å²) < 4.78 is 10.9. The predicted molar refractivity (Wildman–Crippen MR) is 112 cm³/mol. The molecule has 0 amide bonds. The van der Waals surface area contributed by atoms with Crippen molar-refractivity contribution < 1.29 is 24.2 Å². The van der Waals surface area contributed by atoms with Crippen molar-refractivity contribution in [3.05, 3.63) is 59.2 Å². The van der Waals surface area contributed by atoms with E-state index in [1.54, 1.807) is 36.4 Å². The molecule has 2 rings (SSSR count). The van der Waals surface area contributed by atoms with Gasteiger partial charge in [-0.2, -0.15) is 0 Å². The van der Waals surface area contributed by atoms with E-state index in [0.717, 1.165) is 12.8 Å². The van der Waals surface area contributed by atoms with Gasteiger partial charge < -0.3 is 14.6 Å². The molecule has 5 nitrogen and oxygen atoms in total. The van der Waals surface area contributed by atoms with Crippen LogP contribution in [0.25, 0.3) is 0 Å². The van der Waals surface area contributed by atoms with E-state index in [1.165, 1.54) is 32.6 Å². The van der Waals surface area contributed by atoms with Crippen LogP contribution in [-0.4, -0.2) is 23.5 Å². The third-order valence-electron chi connectivity index (χ3n) is 4.70. The Morgan fingerprint density at radius 1 is 0.931 bits per heavy atom. The van der Waals surface area contributed by atoms with Crippen LogP contribution in [0, 0.1) is 0 Å². The van der Waals surface area contributed by atoms with Crippen molar-refractivity contribution in [1.82, 2.24) is 0 Å². The van der Waals surface area contributed by atoms with Gasteiger partial charge in [0, 0.05) is 12.5 Å². The number of hydrogen-bond acceptors (Lipinski definition) is 5. The summed E-state index contributed by atoms with van der Waals surface area (Å²) in [6, 6.07) is 11.9. The van der Waals surface area contributed by atoms with Gasteiger partial charge in [-0.3, -0.25) is 9.59 Å². The van der Waals surface area contributed by atoms with Crippen LogP contribution in [0.4, 0.5) is 0 Å². The Bertz CT molecular complexity index is 798. The molecule has 2 aromatic rings. The van der Waals surface area contributed by atoms with E-state index in [2.05, 4.69) is 6.92 Å². The molecule has 0 aliphatic heterocycles. The summed E-state index contributed by atoms with van der Waals surface area (Å²) in [6.45, 7) is 3.84. The molecule has 0 bridgehead atoms. The lowest BCUT2D eigenvalue weighted by Crippen LogP contribution is -2.08. The zero-order chi connectivity index (χ0) is 21.1. The maximum Gasteiger partial charge on any atom is 0.302 e. The number of benzene rings is 2. The van der Waals surface area contributed by atoms with E-state index < -0.39 is 5.97 Å². The van der Waals surface area contributed by atoms with Gasteiger partial charge in [0.25, 0.3) is 0 Å². The second-order valence-corrected chi connectivity index (χ2v) is 7.03. The lowest BCUT2D eigenvalue weighted by atomic mass is 9.99. The highest BCUT2D eigenvalue weighted by Gasteiger charge is 2.20. The summed E-state index contributed by atoms with van der Waals surface area (Å²) in [7, 11) is 0. The van der Waals surface area contributed by atoms with Crippen LogP contribution >= 0.6 is 0 Å². The molecule has 0 saturated carbocycles. The summed E-state index contributed by atoms with van der Waals surface area (Å²) in [5, 5.41) is 10.7. The van der Waals surface area contributed by atoms with Gasteiger partial charge in [-0.15, -0.1) is 0 Å². The number of hydrogen-bond donors (Lipinski definition) is 1. The summed E-state index contributed by atoms with van der Waals surface area (Å²) in [6.07, 6.45) is 6.85. The van der Waals surface area contributed by atoms with Gasteiger partial charge in [-0.1, -0.05) is 69.4 Å². The first-order valence-electron chi connectivity index (χ1n) is 10.2. The number of esters is 1. The average molecular weight is 398 g/mol. The number of carbonyl (C=O) groups excluding carboxylic acids is 2. The second kappa shape index (κ2) is 11.9. The van der Waals surface area contributed by atoms with Crippen molar-refractivity contribution in [2.24, 2.45) is 0 Å². The molecule has 0 saturated heterocycles. The number of phenols is 1. The third-order valence-corrected chi connectivity index (χ3v) is 4.70. The highest BCUT2D eigenvalue weighted by atomic mass is 16.5. The van der Waals surface area contributed by atoms with Gasteiger partial charge in [0.1, 0.15) is 18.1 Å². The average Bonchev–Trinajstić information content (AvgIpc) is 2.72. The minimum atomic E-state index is -0.467. The van der Waals surface area contributed by atoms with Crippen molar-refractivity contribution >= 4 is 11.8 Å². The fourth-order valence-corrected chi connectivity index (χ4v) is 3.06. The number of aromatic hydroxyl groups is 1. The molecule has 2 aromatic carbocycles. The van der Waals surface area contributed by atoms with Gasteiger partial charge in [-0.25, -0.2) is 0 Å². The molecule has 0 aromatic heterocycles. The summed E-state index contributed by atoms with van der Waals surface area (Å²) in [4.78, 5) is 24.0. The number of rotatable bonds is 12. The molecular formula is C24H30O5. The molecule has 0 aliphatic carbocycles. The van der Waals surface area contributed by atoms with Gasteiger partial charge >= 0.3 is 5.97 Å². The van der Waals surface area contributed by atoms with Crippen LogP contribution in [0.5, 0.6) is 11.5 Å². The highest BCUT2D eigenvalue weighted by molar-refractivity contribution is 6.11. The fourth-order valence-electron chi connectivity index (χ4n) is 3.06. The molecule has 0 spiro atoms. The van der Waals surface area contributed by atoms with Crippen molar-refractivity contribution in [2.45, 2.75) is 59.0 Å². The number of ether oxygens (including phenoxy) is 2. The van der Waals surface area contributed by atoms with Crippen molar-refractivity contribution in [3.8, 4) is 11.5 Å². The Kier molecular flexibility index (Phi) is 9.22. The standard InChI is InChI=1S/C24H30O5/c1-3-4-5-6-7-11-16-28-22-15-14-20(23(26)19-12-9-8-10-13-19)24(27)21(22)17-29-18(2)25/h8-10,12-15,27H,3-7,11,16-17H2,1-2H3. The Morgan fingerprint density at radius 2 is 1.62 bits per heavy atom. The van der Waals surface area contributed by atoms with Crippen LogP contribution < -0.4 is 4.74 Å². The first kappa shape index (κ1) is 22.5. The minimum Gasteiger partial charge on any atom is -0.507 e. The normalized spacial score (nSPS) is 10.6. The predicted octanol–water partition coefficient (Wildman–Crippen LogP) is 5.43. The lowest BCUT2D eigenvalue weighted by Gasteiger charge is -2.15. The number of phenolic OH excluding ortho intramolecular Hbond substituents is 1. The molecular weight excluding hydrogens is 368 g/mol. The van der Waals surface area contributed by atoms with E-state index in [1.807, 2.05) is 6.07 Å². The van der Waals surface area contributed by atoms with Crippen LogP contribution in [0.15, 0.2) is 42.5 Å². The molecule has 5 heteroatoms. The molecule has 0 atom stereocenters. The van der Waals surface area contributed by atoms with Gasteiger partial charge in [0.15, 0.2) is 5.78 Å². The Balaban J connectivity index is 2.13. The highest BCUT2D eigenvalue weighted by Crippen LogP contribution is 2.33. The monoisotopic (exact) mass is 398 g/mol. The van der Waals surface area contributed by atoms with Crippen LogP contribution in [0.1, 0.15) is 73.9 Å². The molecule has 1 N–H and O–H groups in total. The molecule has 0 heterocycles. The van der Waals surface area contributed by atoms with E-state index in [9.17, 15) is 14.7 Å². The van der Waals surface area contributed by atoms with E-state index in [4.69, 9.17) is 9.47 Å². The zero-order valence-electron chi connectivity index (χ0n) is 17.3. The largest absolute Gasteiger partial charge is 0.507 e. The summed E-state index contributed by atoms with van der Waals surface area (Å²) in [5.74, 6) is -0.539. The van der Waals surface area contributed by atoms with E-state index in [0.29, 0.717) is 23.5 Å². The number of unbranched alkanes of at least 4 members (excludes halogenated alkanes) is 5. The molecule has 156 valence electrons. The zero-order valence-corrected chi connectivity index (χ0v) is 17.3. The van der Waals surface area contributed by atoms with Gasteiger partial charge in [0.2, 0.25) is 0 Å². The molecule has 0 unspecified atom stereocenters. The van der Waals surface area contributed by atoms with Crippen molar-refractivity contribution in [2.75, 3.05) is 6.61 Å². The number of ketones is 1. The lowest BCUT2D eigenvalue weighted by molar-refractivity contribution is -0.142. The fraction of sp³-hybridized carbons (Fsp3) is 0.417. The maximum absolute atomic E-state index is 12.7. The van der Waals surface area contributed by atoms with E-state index >= 15 is 0 Å². The minimum absolute atomic E-state index is 0.150. The molecule has 0 radical (unpaired) electrons. The van der Waals surface area contributed by atoms with Crippen LogP contribution in [-0.2, 0) is 16.1 Å². The van der Waals surface area contributed by atoms with Crippen molar-refractivity contribution in [3.63, 3.8) is 0 Å². The Morgan fingerprint density at radius 3 is 2.31 bits per heavy atom. The van der Waals surface area contributed by atoms with Gasteiger partial charge in [0.05, 0.1) is 17.7 Å². The Labute approximate surface area is 172 Å². The molecule has 0 fully saturated rings. The second-order valence-electron chi connectivity index (χ2n) is 7.03. The van der Waals surface area contributed by atoms with Crippen molar-refractivity contribution in [1.29, 1.82) is 0 Å². The van der Waals surface area contributed by atoms with Gasteiger partial charge in [-0.05, 0) is 18.6 Å². The van der Waals surface area contributed by atoms with Crippen LogP contribution in [0.3, 0.4) is 0 Å². The maximum atomic E-state index is 12.7. The third kappa shape index (κ3) is 6.93. The topological polar surface area (TPSA) is 72.8 Å². The number of carbonyl (C=O) groups is 2. The summed E-state index contributed by atoms with van der Waals surface area (Å²) >= 11 is 0. The van der Waals surface area contributed by atoms with Crippen LogP contribution in [0.2, 0.25) is 0 Å². The summed E-state index contributed by atoms with van der Waals surface area (Å²) in [5.41, 5.74) is 0.945. The molecule has 0 aliphatic rings. The van der Waals surface area contributed by atoms with E-state index in [-0.39, 0.29) is 23.7 Å².